The maximum absolute atomic E-state index is 9.02. The third-order valence-electron chi connectivity index (χ3n) is 0.101. The van der Waals surface area contributed by atoms with E-state index in [1.54, 1.807) is 0 Å². The molecule has 0 aromatic carbocycles. The van der Waals surface area contributed by atoms with E-state index in [9.17, 15) is 0 Å². The van der Waals surface area contributed by atoms with Crippen LogP contribution in [-0.4, -0.2) is 11.3 Å². The van der Waals surface area contributed by atoms with Crippen molar-refractivity contribution in [1.82, 2.24) is 0 Å². The first-order valence-electron chi connectivity index (χ1n) is 0.868. The van der Waals surface area contributed by atoms with Crippen LogP contribution in [0.4, 0.5) is 4.79 Å². The summed E-state index contributed by atoms with van der Waals surface area (Å²) in [5.41, 5.74) is 0. The van der Waals surface area contributed by atoms with Crippen molar-refractivity contribution in [1.29, 1.82) is 0 Å². The van der Waals surface area contributed by atoms with Crippen LogP contribution < -0.4 is 35.5 Å². The number of rotatable bonds is 0. The zero-order valence-corrected chi connectivity index (χ0v) is 5.34. The largest absolute Gasteiger partial charge is 1.00 e. The van der Waals surface area contributed by atoms with Crippen LogP contribution in [0.3, 0.4) is 0 Å². The fourth-order valence-corrected chi connectivity index (χ4v) is 0. The van der Waals surface area contributed by atoms with Crippen molar-refractivity contribution < 1.29 is 45.7 Å². The second-order valence-corrected chi connectivity index (χ2v) is 0.384. The molecule has 0 unspecified atom stereocenters. The zero-order chi connectivity index (χ0) is 4.28. The number of nitrogens with two attached hydrogens (primary N) is 1. The Morgan fingerprint density at radius 3 is 2.17 bits per heavy atom. The summed E-state index contributed by atoms with van der Waals surface area (Å²) < 4.78 is 0. The summed E-state index contributed by atoms with van der Waals surface area (Å²) in [6, 6.07) is 0. The molecule has 0 radical (unpaired) electrons. The quantitative estimate of drug-likeness (QED) is 0.247. The van der Waals surface area contributed by atoms with E-state index in [0.717, 1.165) is 0 Å². The summed E-state index contributed by atoms with van der Waals surface area (Å²) in [4.78, 5) is 12.2. The Hall–Kier alpha value is 0.230. The molecule has 0 aliphatic rings. The fourth-order valence-electron chi connectivity index (χ4n) is 0. The molecular weight excluding hydrogens is 97.0 g/mol. The molecule has 0 amide bonds. The van der Waals surface area contributed by atoms with Crippen molar-refractivity contribution >= 4 is 6.16 Å². The number of hydrogen-bond acceptors (Lipinski definition) is 3. The number of hydrogen-bond donors (Lipinski definition) is 2. The average Bonchev–Trinajstić information content (AvgIpc) is 1.38. The first kappa shape index (κ1) is 9.52. The fraction of sp³-hybridized carbons (Fsp3) is 0. The van der Waals surface area contributed by atoms with Crippen LogP contribution >= 0.6 is 0 Å². The van der Waals surface area contributed by atoms with Crippen molar-refractivity contribution in [2.24, 2.45) is 5.90 Å². The SMILES string of the molecule is NOC(=O)O.[H-].[Na+]. The minimum atomic E-state index is -1.47. The second-order valence-electron chi connectivity index (χ2n) is 0.384. The van der Waals surface area contributed by atoms with Gasteiger partial charge in [-0.25, -0.2) is 4.79 Å². The van der Waals surface area contributed by atoms with Crippen molar-refractivity contribution in [2.45, 2.75) is 0 Å². The predicted octanol–water partition coefficient (Wildman–Crippen LogP) is -3.33. The Kier molecular flexibility index (Phi) is 8.30. The number of carboxylic acid groups (broad SMARTS) is 1. The minimum Gasteiger partial charge on any atom is -1.00 e. The van der Waals surface area contributed by atoms with Crippen LogP contribution in [0, 0.1) is 0 Å². The Labute approximate surface area is 58.0 Å². The van der Waals surface area contributed by atoms with Gasteiger partial charge in [0, 0.05) is 0 Å². The smallest absolute Gasteiger partial charge is 1.00 e. The molecule has 4 nitrogen and oxygen atoms in total. The summed E-state index contributed by atoms with van der Waals surface area (Å²) in [6.07, 6.45) is -1.47. The van der Waals surface area contributed by atoms with Crippen LogP contribution in [0.5, 0.6) is 0 Å². The summed E-state index contributed by atoms with van der Waals surface area (Å²) >= 11 is 0. The Morgan fingerprint density at radius 2 is 2.17 bits per heavy atom. The van der Waals surface area contributed by atoms with E-state index in [1.165, 1.54) is 0 Å². The molecule has 6 heavy (non-hydrogen) atoms. The summed E-state index contributed by atoms with van der Waals surface area (Å²) in [7, 11) is 0. The van der Waals surface area contributed by atoms with Gasteiger partial charge in [-0.15, -0.1) is 0 Å². The molecule has 0 spiro atoms. The van der Waals surface area contributed by atoms with Gasteiger partial charge in [-0.1, -0.05) is 0 Å². The van der Waals surface area contributed by atoms with Gasteiger partial charge >= 0.3 is 35.7 Å². The topological polar surface area (TPSA) is 72.5 Å². The van der Waals surface area contributed by atoms with Gasteiger partial charge in [0.15, 0.2) is 0 Å². The molecule has 0 bridgehead atoms. The van der Waals surface area contributed by atoms with Gasteiger partial charge in [-0.3, -0.25) is 0 Å². The van der Waals surface area contributed by atoms with Gasteiger partial charge in [0.05, 0.1) is 0 Å². The van der Waals surface area contributed by atoms with E-state index in [1.807, 2.05) is 0 Å². The van der Waals surface area contributed by atoms with Crippen LogP contribution in [0.1, 0.15) is 1.43 Å². The van der Waals surface area contributed by atoms with Gasteiger partial charge in [-0.05, 0) is 0 Å². The molecule has 0 aromatic rings. The van der Waals surface area contributed by atoms with Crippen LogP contribution in [0.15, 0.2) is 0 Å². The summed E-state index contributed by atoms with van der Waals surface area (Å²) in [5, 5.41) is 7.38. The normalized spacial score (nSPS) is 5.50. The van der Waals surface area contributed by atoms with Gasteiger partial charge in [-0.2, -0.15) is 5.90 Å². The molecule has 0 aliphatic carbocycles. The van der Waals surface area contributed by atoms with Gasteiger partial charge in [0.2, 0.25) is 0 Å². The number of carbonyl (C=O) groups is 1. The van der Waals surface area contributed by atoms with Gasteiger partial charge in [0.25, 0.3) is 0 Å². The van der Waals surface area contributed by atoms with E-state index in [-0.39, 0.29) is 31.0 Å². The molecule has 32 valence electrons. The van der Waals surface area contributed by atoms with E-state index in [4.69, 9.17) is 9.90 Å². The predicted molar refractivity (Wildman–Crippen MR) is 14.4 cm³/mol. The van der Waals surface area contributed by atoms with Crippen LogP contribution in [-0.2, 0) is 4.84 Å². The molecule has 0 saturated heterocycles. The monoisotopic (exact) mass is 101 g/mol. The van der Waals surface area contributed by atoms with E-state index < -0.39 is 6.16 Å². The van der Waals surface area contributed by atoms with E-state index >= 15 is 0 Å². The molecular formula is CH4NNaO3. The molecule has 0 fully saturated rings. The molecule has 0 aliphatic heterocycles. The molecule has 3 N–H and O–H groups in total. The van der Waals surface area contributed by atoms with E-state index in [0.29, 0.717) is 0 Å². The first-order chi connectivity index (χ1) is 2.27. The zero-order valence-electron chi connectivity index (χ0n) is 4.34. The van der Waals surface area contributed by atoms with Gasteiger partial charge < -0.3 is 11.4 Å². The molecule has 0 aromatic heterocycles. The third-order valence-corrected chi connectivity index (χ3v) is 0.101. The van der Waals surface area contributed by atoms with Crippen molar-refractivity contribution in [3.63, 3.8) is 0 Å². The van der Waals surface area contributed by atoms with Crippen LogP contribution in [0.25, 0.3) is 0 Å². The van der Waals surface area contributed by atoms with Crippen molar-refractivity contribution in [3.05, 3.63) is 0 Å². The second kappa shape index (κ2) is 5.23. The first-order valence-corrected chi connectivity index (χ1v) is 0.868. The molecule has 0 saturated carbocycles. The van der Waals surface area contributed by atoms with Crippen LogP contribution in [0.2, 0.25) is 0 Å². The Morgan fingerprint density at radius 1 is 2.00 bits per heavy atom. The molecule has 0 atom stereocenters. The van der Waals surface area contributed by atoms with Crippen molar-refractivity contribution in [2.75, 3.05) is 0 Å². The minimum absolute atomic E-state index is 0. The van der Waals surface area contributed by atoms with E-state index in [2.05, 4.69) is 10.7 Å². The Bertz CT molecular complexity index is 50.2. The standard InChI is InChI=1S/CH3NO3.Na.H/c2-5-1(3)4;;/h2H2,(H,3,4);;/q;+1;-1. The third kappa shape index (κ3) is 8.87. The summed E-state index contributed by atoms with van der Waals surface area (Å²) in [5.74, 6) is 4.07. The average molecular weight is 101 g/mol. The maximum atomic E-state index is 9.02. The Balaban J connectivity index is -0.0000000800. The van der Waals surface area contributed by atoms with Crippen molar-refractivity contribution in [3.8, 4) is 0 Å². The maximum Gasteiger partial charge on any atom is 1.00 e. The molecule has 0 rings (SSSR count). The summed E-state index contributed by atoms with van der Waals surface area (Å²) in [6.45, 7) is 0. The molecule has 5 heteroatoms. The molecule has 0 heterocycles. The van der Waals surface area contributed by atoms with Gasteiger partial charge in [0.1, 0.15) is 0 Å².